The highest BCUT2D eigenvalue weighted by Gasteiger charge is 2.25. The first kappa shape index (κ1) is 34.0. The van der Waals surface area contributed by atoms with E-state index in [0.29, 0.717) is 18.7 Å². The average molecular weight is 551 g/mol. The van der Waals surface area contributed by atoms with Crippen LogP contribution in [0.5, 0.6) is 0 Å². The minimum Gasteiger partial charge on any atom is -0.481 e. The van der Waals surface area contributed by atoms with Crippen molar-refractivity contribution in [3.63, 3.8) is 0 Å². The maximum Gasteiger partial charge on any atom is 0.320 e. The summed E-state index contributed by atoms with van der Waals surface area (Å²) in [7, 11) is 0. The summed E-state index contributed by atoms with van der Waals surface area (Å²) in [5, 5.41) is 9.14. The maximum atomic E-state index is 12.7. The lowest BCUT2D eigenvalue weighted by Gasteiger charge is -2.29. The molecule has 1 aromatic rings. The maximum absolute atomic E-state index is 12.7. The van der Waals surface area contributed by atoms with Gasteiger partial charge in [-0.05, 0) is 73.4 Å². The number of carboxylic acids is 1. The van der Waals surface area contributed by atoms with Crippen LogP contribution in [0.15, 0.2) is 24.3 Å². The summed E-state index contributed by atoms with van der Waals surface area (Å²) in [5.74, 6) is -2.31. The molecule has 0 unspecified atom stereocenters. The second-order valence-electron chi connectivity index (χ2n) is 12.6. The van der Waals surface area contributed by atoms with Gasteiger partial charge in [0.05, 0.1) is 26.1 Å². The highest BCUT2D eigenvalue weighted by atomic mass is 16.6. The number of esters is 3. The number of nitrogens with zero attached hydrogens (tertiary/aromatic N) is 2. The quantitative estimate of drug-likeness (QED) is 0.289. The van der Waals surface area contributed by atoms with Gasteiger partial charge in [0.25, 0.3) is 0 Å². The Morgan fingerprint density at radius 2 is 1.05 bits per heavy atom. The van der Waals surface area contributed by atoms with Crippen LogP contribution in [0, 0.1) is 0 Å². The van der Waals surface area contributed by atoms with E-state index in [2.05, 4.69) is 0 Å². The number of aliphatic carboxylic acids is 1. The van der Waals surface area contributed by atoms with Gasteiger partial charge in [0.2, 0.25) is 0 Å². The molecule has 0 heterocycles. The summed E-state index contributed by atoms with van der Waals surface area (Å²) in [4.78, 5) is 52.5. The predicted molar refractivity (Wildman–Crippen MR) is 147 cm³/mol. The summed E-state index contributed by atoms with van der Waals surface area (Å²) in [6.07, 6.45) is -0.112. The number of carbonyl (C=O) groups is 4. The van der Waals surface area contributed by atoms with Gasteiger partial charge in [0, 0.05) is 19.6 Å². The lowest BCUT2D eigenvalue weighted by Crippen LogP contribution is -2.44. The molecule has 10 heteroatoms. The Labute approximate surface area is 232 Å². The fourth-order valence-corrected chi connectivity index (χ4v) is 3.65. The number of carboxylic acid groups (broad SMARTS) is 1. The fourth-order valence-electron chi connectivity index (χ4n) is 3.65. The molecule has 0 saturated heterocycles. The van der Waals surface area contributed by atoms with Crippen molar-refractivity contribution >= 4 is 23.9 Å². The molecule has 0 radical (unpaired) electrons. The molecule has 0 aliphatic heterocycles. The van der Waals surface area contributed by atoms with Gasteiger partial charge in [0.15, 0.2) is 0 Å². The van der Waals surface area contributed by atoms with Crippen LogP contribution in [-0.4, -0.2) is 88.3 Å². The lowest BCUT2D eigenvalue weighted by atomic mass is 10.1. The van der Waals surface area contributed by atoms with Gasteiger partial charge < -0.3 is 19.3 Å². The Hall–Kier alpha value is -2.98. The molecule has 10 nitrogen and oxygen atoms in total. The number of hydrogen-bond donors (Lipinski definition) is 1. The van der Waals surface area contributed by atoms with E-state index in [1.165, 1.54) is 0 Å². The van der Waals surface area contributed by atoms with Crippen molar-refractivity contribution in [3.8, 4) is 0 Å². The van der Waals surface area contributed by atoms with Gasteiger partial charge in [0.1, 0.15) is 16.8 Å². The molecular weight excluding hydrogens is 504 g/mol. The smallest absolute Gasteiger partial charge is 0.320 e. The molecule has 0 aliphatic carbocycles. The van der Waals surface area contributed by atoms with Crippen LogP contribution in [-0.2, 0) is 46.4 Å². The molecule has 1 rings (SSSR count). The highest BCUT2D eigenvalue weighted by molar-refractivity contribution is 5.75. The number of hydrogen-bond acceptors (Lipinski definition) is 9. The number of ether oxygens (including phenoxy) is 3. The third kappa shape index (κ3) is 17.3. The van der Waals surface area contributed by atoms with Gasteiger partial charge in [-0.1, -0.05) is 24.3 Å². The normalized spacial score (nSPS) is 12.4. The molecule has 0 saturated carbocycles. The van der Waals surface area contributed by atoms with Gasteiger partial charge in [-0.2, -0.15) is 0 Å². The monoisotopic (exact) mass is 550 g/mol. The van der Waals surface area contributed by atoms with E-state index in [1.54, 1.807) is 85.4 Å². The van der Waals surface area contributed by atoms with E-state index in [0.717, 1.165) is 5.56 Å². The second-order valence-corrected chi connectivity index (χ2v) is 12.6. The van der Waals surface area contributed by atoms with Gasteiger partial charge in [-0.25, -0.2) is 0 Å². The largest absolute Gasteiger partial charge is 0.481 e. The Morgan fingerprint density at radius 1 is 0.667 bits per heavy atom. The van der Waals surface area contributed by atoms with E-state index in [9.17, 15) is 19.2 Å². The number of benzene rings is 1. The zero-order chi connectivity index (χ0) is 30.0. The van der Waals surface area contributed by atoms with E-state index in [1.807, 2.05) is 11.0 Å². The van der Waals surface area contributed by atoms with E-state index in [-0.39, 0.29) is 32.6 Å². The number of carbonyl (C=O) groups excluding carboxylic acids is 3. The first-order valence-corrected chi connectivity index (χ1v) is 13.1. The second kappa shape index (κ2) is 14.4. The zero-order valence-corrected chi connectivity index (χ0v) is 25.0. The third-order valence-electron chi connectivity index (χ3n) is 4.80. The minimum absolute atomic E-state index is 0.0346. The third-order valence-corrected chi connectivity index (χ3v) is 4.80. The van der Waals surface area contributed by atoms with Gasteiger partial charge in [-0.15, -0.1) is 0 Å². The van der Waals surface area contributed by atoms with Crippen LogP contribution in [0.25, 0.3) is 0 Å². The van der Waals surface area contributed by atoms with E-state index < -0.39 is 40.7 Å². The van der Waals surface area contributed by atoms with Crippen molar-refractivity contribution in [2.75, 3.05) is 32.7 Å². The summed E-state index contributed by atoms with van der Waals surface area (Å²) >= 11 is 0. The zero-order valence-electron chi connectivity index (χ0n) is 25.0. The van der Waals surface area contributed by atoms with Crippen LogP contribution in [0.4, 0.5) is 0 Å². The standard InChI is InChI=1S/C29H46N2O8/c1-27(2,3)37-24(34)18-30(17-22-12-10-11-21(15-22)16-23(32)33)13-14-31(19-25(35)38-28(4,5)6)20-26(36)39-29(7,8)9/h10-12,15H,13-14,16-20H2,1-9H3,(H,32,33). The van der Waals surface area contributed by atoms with Crippen molar-refractivity contribution in [3.05, 3.63) is 35.4 Å². The summed E-state index contributed by atoms with van der Waals surface area (Å²) in [5.41, 5.74) is -0.558. The Bertz CT molecular complexity index is 956. The Balaban J connectivity index is 3.10. The van der Waals surface area contributed by atoms with Crippen molar-refractivity contribution in [1.82, 2.24) is 9.80 Å². The van der Waals surface area contributed by atoms with Crippen molar-refractivity contribution in [2.24, 2.45) is 0 Å². The van der Waals surface area contributed by atoms with Gasteiger partial charge >= 0.3 is 23.9 Å². The van der Waals surface area contributed by atoms with Gasteiger partial charge in [-0.3, -0.25) is 29.0 Å². The predicted octanol–water partition coefficient (Wildman–Crippen LogP) is 3.44. The first-order chi connectivity index (χ1) is 17.7. The topological polar surface area (TPSA) is 123 Å². The van der Waals surface area contributed by atoms with Crippen LogP contribution in [0.3, 0.4) is 0 Å². The van der Waals surface area contributed by atoms with Crippen LogP contribution >= 0.6 is 0 Å². The molecule has 39 heavy (non-hydrogen) atoms. The SMILES string of the molecule is CC(C)(C)OC(=O)CN(CCN(CC(=O)OC(C)(C)C)Cc1cccc(CC(=O)O)c1)CC(=O)OC(C)(C)C. The Kier molecular flexibility index (Phi) is 12.6. The van der Waals surface area contributed by atoms with Crippen molar-refractivity contribution in [2.45, 2.75) is 92.1 Å². The molecule has 1 aromatic carbocycles. The van der Waals surface area contributed by atoms with Crippen LogP contribution in [0.2, 0.25) is 0 Å². The molecule has 0 aliphatic rings. The summed E-state index contributed by atoms with van der Waals surface area (Å²) in [6.45, 7) is 16.6. The van der Waals surface area contributed by atoms with Crippen LogP contribution < -0.4 is 0 Å². The lowest BCUT2D eigenvalue weighted by molar-refractivity contribution is -0.161. The molecular formula is C29H46N2O8. The molecule has 0 bridgehead atoms. The Morgan fingerprint density at radius 3 is 1.46 bits per heavy atom. The molecule has 1 N–H and O–H groups in total. The molecule has 0 aromatic heterocycles. The summed E-state index contributed by atoms with van der Waals surface area (Å²) < 4.78 is 16.4. The minimum atomic E-state index is -0.933. The van der Waals surface area contributed by atoms with Crippen LogP contribution in [0.1, 0.15) is 73.4 Å². The molecule has 0 atom stereocenters. The molecule has 0 amide bonds. The molecule has 0 fully saturated rings. The first-order valence-electron chi connectivity index (χ1n) is 13.1. The van der Waals surface area contributed by atoms with Crippen molar-refractivity contribution < 1.29 is 38.5 Å². The average Bonchev–Trinajstić information content (AvgIpc) is 2.67. The molecule has 220 valence electrons. The highest BCUT2D eigenvalue weighted by Crippen LogP contribution is 2.13. The molecule has 0 spiro atoms. The fraction of sp³-hybridized carbons (Fsp3) is 0.655. The van der Waals surface area contributed by atoms with E-state index >= 15 is 0 Å². The number of rotatable bonds is 13. The van der Waals surface area contributed by atoms with E-state index in [4.69, 9.17) is 19.3 Å². The van der Waals surface area contributed by atoms with Crippen molar-refractivity contribution in [1.29, 1.82) is 0 Å². The summed E-state index contributed by atoms with van der Waals surface area (Å²) in [6, 6.07) is 7.15.